The molecule has 0 spiro atoms. The molecule has 2 rings (SSSR count). The molecule has 0 bridgehead atoms. The van der Waals surface area contributed by atoms with Crippen LogP contribution in [0.4, 0.5) is 5.69 Å². The van der Waals surface area contributed by atoms with Gasteiger partial charge in [0.2, 0.25) is 5.91 Å². The van der Waals surface area contributed by atoms with E-state index in [2.05, 4.69) is 5.32 Å². The van der Waals surface area contributed by atoms with Crippen LogP contribution in [0, 0.1) is 5.41 Å². The zero-order valence-corrected chi connectivity index (χ0v) is 13.2. The molecule has 0 saturated heterocycles. The standard InChI is InChI=1S/C19H23NO2/c1-19(2,18(21)20-16-10-5-3-6-11-16)14-9-15-22-17-12-7-4-8-13-17/h3-8,10-13H,9,14-15H2,1-2H3,(H,20,21). The first kappa shape index (κ1) is 16.1. The van der Waals surface area contributed by atoms with Gasteiger partial charge in [-0.1, -0.05) is 50.2 Å². The molecule has 0 unspecified atom stereocenters. The van der Waals surface area contributed by atoms with Crippen LogP contribution in [-0.2, 0) is 4.79 Å². The molecule has 0 aliphatic rings. The first-order chi connectivity index (χ1) is 10.6. The summed E-state index contributed by atoms with van der Waals surface area (Å²) in [5.74, 6) is 0.910. The molecule has 22 heavy (non-hydrogen) atoms. The quantitative estimate of drug-likeness (QED) is 0.764. The number of amides is 1. The Labute approximate surface area is 132 Å². The maximum atomic E-state index is 12.3. The van der Waals surface area contributed by atoms with Gasteiger partial charge in [0, 0.05) is 11.1 Å². The summed E-state index contributed by atoms with van der Waals surface area (Å²) in [7, 11) is 0. The SMILES string of the molecule is CC(C)(CCCOc1ccccc1)C(=O)Nc1ccccc1. The van der Waals surface area contributed by atoms with E-state index in [9.17, 15) is 4.79 Å². The lowest BCUT2D eigenvalue weighted by atomic mass is 9.87. The molecule has 3 nitrogen and oxygen atoms in total. The van der Waals surface area contributed by atoms with Crippen LogP contribution in [0.1, 0.15) is 26.7 Å². The summed E-state index contributed by atoms with van der Waals surface area (Å²) in [6.07, 6.45) is 1.61. The Balaban J connectivity index is 1.76. The summed E-state index contributed by atoms with van der Waals surface area (Å²) in [6.45, 7) is 4.55. The lowest BCUT2D eigenvalue weighted by Gasteiger charge is -2.23. The molecule has 0 aromatic heterocycles. The van der Waals surface area contributed by atoms with Gasteiger partial charge < -0.3 is 10.1 Å². The van der Waals surface area contributed by atoms with Crippen LogP contribution in [0.5, 0.6) is 5.75 Å². The Kier molecular flexibility index (Phi) is 5.59. The zero-order valence-electron chi connectivity index (χ0n) is 13.2. The van der Waals surface area contributed by atoms with E-state index in [1.807, 2.05) is 74.5 Å². The van der Waals surface area contributed by atoms with Crippen LogP contribution in [0.25, 0.3) is 0 Å². The summed E-state index contributed by atoms with van der Waals surface area (Å²) >= 11 is 0. The number of hydrogen-bond acceptors (Lipinski definition) is 2. The number of carbonyl (C=O) groups excluding carboxylic acids is 1. The third-order valence-electron chi connectivity index (χ3n) is 3.60. The van der Waals surface area contributed by atoms with E-state index in [0.29, 0.717) is 6.61 Å². The Bertz CT molecular complexity index is 579. The maximum Gasteiger partial charge on any atom is 0.230 e. The van der Waals surface area contributed by atoms with Crippen molar-refractivity contribution in [2.75, 3.05) is 11.9 Å². The van der Waals surface area contributed by atoms with Crippen molar-refractivity contribution in [1.29, 1.82) is 0 Å². The van der Waals surface area contributed by atoms with Gasteiger partial charge >= 0.3 is 0 Å². The molecule has 1 amide bonds. The fourth-order valence-electron chi connectivity index (χ4n) is 2.16. The summed E-state index contributed by atoms with van der Waals surface area (Å²) in [4.78, 5) is 12.3. The molecule has 0 fully saturated rings. The molecule has 116 valence electrons. The van der Waals surface area contributed by atoms with Crippen molar-refractivity contribution >= 4 is 11.6 Å². The highest BCUT2D eigenvalue weighted by Gasteiger charge is 2.27. The van der Waals surface area contributed by atoms with Crippen molar-refractivity contribution in [1.82, 2.24) is 0 Å². The molecular formula is C19H23NO2. The molecule has 0 saturated carbocycles. The molecule has 0 aliphatic heterocycles. The highest BCUT2D eigenvalue weighted by molar-refractivity contribution is 5.94. The summed E-state index contributed by atoms with van der Waals surface area (Å²) < 4.78 is 5.67. The summed E-state index contributed by atoms with van der Waals surface area (Å²) in [5.41, 5.74) is 0.414. The van der Waals surface area contributed by atoms with Gasteiger partial charge in [0.1, 0.15) is 5.75 Å². The average molecular weight is 297 g/mol. The largest absolute Gasteiger partial charge is 0.494 e. The number of benzene rings is 2. The van der Waals surface area contributed by atoms with Crippen molar-refractivity contribution in [3.05, 3.63) is 60.7 Å². The van der Waals surface area contributed by atoms with Gasteiger partial charge in [-0.2, -0.15) is 0 Å². The van der Waals surface area contributed by atoms with E-state index in [4.69, 9.17) is 4.74 Å². The Morgan fingerprint density at radius 3 is 2.23 bits per heavy atom. The lowest BCUT2D eigenvalue weighted by Crippen LogP contribution is -2.31. The van der Waals surface area contributed by atoms with E-state index < -0.39 is 5.41 Å². The topological polar surface area (TPSA) is 38.3 Å². The molecule has 0 radical (unpaired) electrons. The van der Waals surface area contributed by atoms with Crippen molar-refractivity contribution in [3.8, 4) is 5.75 Å². The minimum atomic E-state index is -0.421. The molecule has 3 heteroatoms. The van der Waals surface area contributed by atoms with Crippen molar-refractivity contribution < 1.29 is 9.53 Å². The van der Waals surface area contributed by atoms with E-state index in [0.717, 1.165) is 24.3 Å². The van der Waals surface area contributed by atoms with Crippen molar-refractivity contribution in [2.24, 2.45) is 5.41 Å². The molecule has 0 heterocycles. The molecule has 2 aromatic rings. The highest BCUT2D eigenvalue weighted by atomic mass is 16.5. The van der Waals surface area contributed by atoms with E-state index in [-0.39, 0.29) is 5.91 Å². The van der Waals surface area contributed by atoms with Gasteiger partial charge in [-0.25, -0.2) is 0 Å². The van der Waals surface area contributed by atoms with E-state index >= 15 is 0 Å². The molecule has 0 atom stereocenters. The Morgan fingerprint density at radius 2 is 1.59 bits per heavy atom. The number of hydrogen-bond donors (Lipinski definition) is 1. The first-order valence-electron chi connectivity index (χ1n) is 7.62. The monoisotopic (exact) mass is 297 g/mol. The van der Waals surface area contributed by atoms with Crippen LogP contribution < -0.4 is 10.1 Å². The third kappa shape index (κ3) is 4.92. The fraction of sp³-hybridized carbons (Fsp3) is 0.316. The van der Waals surface area contributed by atoms with Crippen LogP contribution in [-0.4, -0.2) is 12.5 Å². The second kappa shape index (κ2) is 7.64. The number of rotatable bonds is 7. The second-order valence-corrected chi connectivity index (χ2v) is 5.97. The third-order valence-corrected chi connectivity index (χ3v) is 3.60. The summed E-state index contributed by atoms with van der Waals surface area (Å²) in [5, 5.41) is 2.96. The normalized spacial score (nSPS) is 11.0. The van der Waals surface area contributed by atoms with Gasteiger partial charge in [0.15, 0.2) is 0 Å². The second-order valence-electron chi connectivity index (χ2n) is 5.97. The van der Waals surface area contributed by atoms with Gasteiger partial charge in [0.25, 0.3) is 0 Å². The van der Waals surface area contributed by atoms with Crippen LogP contribution in [0.3, 0.4) is 0 Å². The minimum absolute atomic E-state index is 0.0402. The summed E-state index contributed by atoms with van der Waals surface area (Å²) in [6, 6.07) is 19.3. The van der Waals surface area contributed by atoms with Crippen LogP contribution in [0.2, 0.25) is 0 Å². The smallest absolute Gasteiger partial charge is 0.230 e. The highest BCUT2D eigenvalue weighted by Crippen LogP contribution is 2.25. The first-order valence-corrected chi connectivity index (χ1v) is 7.62. The molecule has 1 N–H and O–H groups in total. The average Bonchev–Trinajstić information content (AvgIpc) is 2.53. The predicted molar refractivity (Wildman–Crippen MR) is 90.0 cm³/mol. The molecule has 0 aliphatic carbocycles. The van der Waals surface area contributed by atoms with E-state index in [1.54, 1.807) is 0 Å². The van der Waals surface area contributed by atoms with Crippen LogP contribution in [0.15, 0.2) is 60.7 Å². The van der Waals surface area contributed by atoms with Gasteiger partial charge in [0.05, 0.1) is 6.61 Å². The Hall–Kier alpha value is -2.29. The molecule has 2 aromatic carbocycles. The van der Waals surface area contributed by atoms with Gasteiger partial charge in [-0.3, -0.25) is 4.79 Å². The van der Waals surface area contributed by atoms with Crippen molar-refractivity contribution in [3.63, 3.8) is 0 Å². The predicted octanol–water partition coefficient (Wildman–Crippen LogP) is 4.51. The number of ether oxygens (including phenoxy) is 1. The number of nitrogens with one attached hydrogen (secondary N) is 1. The fourth-order valence-corrected chi connectivity index (χ4v) is 2.16. The maximum absolute atomic E-state index is 12.3. The van der Waals surface area contributed by atoms with Crippen molar-refractivity contribution in [2.45, 2.75) is 26.7 Å². The Morgan fingerprint density at radius 1 is 1.00 bits per heavy atom. The zero-order chi connectivity index (χ0) is 15.8. The number of carbonyl (C=O) groups is 1. The number of para-hydroxylation sites is 2. The van der Waals surface area contributed by atoms with Gasteiger partial charge in [-0.05, 0) is 37.1 Å². The van der Waals surface area contributed by atoms with E-state index in [1.165, 1.54) is 0 Å². The molecular weight excluding hydrogens is 274 g/mol. The number of anilines is 1. The van der Waals surface area contributed by atoms with Gasteiger partial charge in [-0.15, -0.1) is 0 Å². The lowest BCUT2D eigenvalue weighted by molar-refractivity contribution is -0.124. The minimum Gasteiger partial charge on any atom is -0.494 e. The van der Waals surface area contributed by atoms with Crippen LogP contribution >= 0.6 is 0 Å².